The van der Waals surface area contributed by atoms with Crippen molar-refractivity contribution in [3.63, 3.8) is 0 Å². The van der Waals surface area contributed by atoms with Gasteiger partial charge in [0.05, 0.1) is 30.8 Å². The maximum absolute atomic E-state index is 11.1. The Kier molecular flexibility index (Phi) is 5.69. The van der Waals surface area contributed by atoms with E-state index >= 15 is 0 Å². The number of nitriles is 1. The second-order valence-electron chi connectivity index (χ2n) is 6.13. The molecular weight excluding hydrogens is 362 g/mol. The molecule has 0 amide bonds. The summed E-state index contributed by atoms with van der Waals surface area (Å²) in [6.45, 7) is 0.140. The Bertz CT molecular complexity index is 1050. The van der Waals surface area contributed by atoms with Gasteiger partial charge in [-0.25, -0.2) is 4.98 Å². The van der Waals surface area contributed by atoms with Crippen molar-refractivity contribution in [3.05, 3.63) is 72.3 Å². The van der Waals surface area contributed by atoms with Crippen molar-refractivity contribution in [3.8, 4) is 22.9 Å². The minimum absolute atomic E-state index is 0.140. The summed E-state index contributed by atoms with van der Waals surface area (Å²) < 4.78 is 29.1. The fourth-order valence-corrected chi connectivity index (χ4v) is 3.26. The molecule has 0 saturated carbocycles. The number of nitrogens with zero attached hydrogens (tertiary/aromatic N) is 3. The molecule has 0 radical (unpaired) electrons. The summed E-state index contributed by atoms with van der Waals surface area (Å²) in [7, 11) is -3.44. The van der Waals surface area contributed by atoms with Gasteiger partial charge in [0.25, 0.3) is 10.1 Å². The van der Waals surface area contributed by atoms with Crippen LogP contribution in [-0.2, 0) is 20.7 Å². The highest BCUT2D eigenvalue weighted by molar-refractivity contribution is 7.85. The van der Waals surface area contributed by atoms with Crippen LogP contribution in [0.15, 0.2) is 61.2 Å². The van der Waals surface area contributed by atoms with E-state index in [0.717, 1.165) is 28.6 Å². The lowest BCUT2D eigenvalue weighted by atomic mass is 9.95. The van der Waals surface area contributed by atoms with Gasteiger partial charge in [-0.1, -0.05) is 18.2 Å². The molecule has 1 heterocycles. The summed E-state index contributed by atoms with van der Waals surface area (Å²) in [5.41, 5.74) is 4.71. The third-order valence-electron chi connectivity index (χ3n) is 4.10. The Morgan fingerprint density at radius 2 is 1.96 bits per heavy atom. The normalized spacial score (nSPS) is 11.3. The molecule has 0 N–H and O–H groups in total. The lowest BCUT2D eigenvalue weighted by molar-refractivity contribution is 0.316. The van der Waals surface area contributed by atoms with Crippen LogP contribution < -0.4 is 0 Å². The minimum atomic E-state index is -3.44. The Morgan fingerprint density at radius 3 is 2.59 bits per heavy atom. The summed E-state index contributed by atoms with van der Waals surface area (Å²) in [5, 5.41) is 8.98. The molecule has 2 aromatic carbocycles. The van der Waals surface area contributed by atoms with Crippen LogP contribution in [-0.4, -0.2) is 30.8 Å². The first-order valence-electron chi connectivity index (χ1n) is 8.42. The largest absolute Gasteiger partial charge is 0.306 e. The molecule has 0 saturated heterocycles. The van der Waals surface area contributed by atoms with Gasteiger partial charge < -0.3 is 4.57 Å². The summed E-state index contributed by atoms with van der Waals surface area (Å²) in [6.07, 6.45) is 7.60. The molecule has 0 aliphatic carbocycles. The number of imidazole rings is 1. The van der Waals surface area contributed by atoms with Crippen molar-refractivity contribution >= 4 is 10.1 Å². The standard InChI is InChI=1S/C20H19N3O3S/c1-27(24,25)26-12-2-3-18-13-19(23-11-10-22-15-23)8-9-20(18)17-6-4-16(14-21)5-7-17/h4-11,13,15H,2-3,12H2,1H3. The van der Waals surface area contributed by atoms with Crippen molar-refractivity contribution in [2.45, 2.75) is 12.8 Å². The monoisotopic (exact) mass is 381 g/mol. The summed E-state index contributed by atoms with van der Waals surface area (Å²) in [5.74, 6) is 0. The highest BCUT2D eigenvalue weighted by Crippen LogP contribution is 2.27. The van der Waals surface area contributed by atoms with E-state index in [1.54, 1.807) is 24.7 Å². The molecular formula is C20H19N3O3S. The Morgan fingerprint density at radius 1 is 1.19 bits per heavy atom. The Hall–Kier alpha value is -2.95. The molecule has 6 nitrogen and oxygen atoms in total. The third kappa shape index (κ3) is 5.03. The first kappa shape index (κ1) is 18.8. The molecule has 3 aromatic rings. The fraction of sp³-hybridized carbons (Fsp3) is 0.200. The molecule has 7 heteroatoms. The van der Waals surface area contributed by atoms with Gasteiger partial charge in [0, 0.05) is 18.1 Å². The van der Waals surface area contributed by atoms with E-state index in [1.807, 2.05) is 35.0 Å². The van der Waals surface area contributed by atoms with E-state index in [1.165, 1.54) is 0 Å². The Labute approximate surface area is 158 Å². The molecule has 0 bridgehead atoms. The SMILES string of the molecule is CS(=O)(=O)OCCCc1cc(-n2ccnc2)ccc1-c1ccc(C#N)cc1. The number of hydrogen-bond acceptors (Lipinski definition) is 5. The second kappa shape index (κ2) is 8.16. The zero-order chi connectivity index (χ0) is 19.3. The van der Waals surface area contributed by atoms with Crippen molar-refractivity contribution in [2.24, 2.45) is 0 Å². The van der Waals surface area contributed by atoms with Gasteiger partial charge in [0.15, 0.2) is 0 Å². The average Bonchev–Trinajstić information content (AvgIpc) is 3.19. The van der Waals surface area contributed by atoms with Crippen LogP contribution in [0.4, 0.5) is 0 Å². The van der Waals surface area contributed by atoms with Crippen LogP contribution in [0.1, 0.15) is 17.5 Å². The third-order valence-corrected chi connectivity index (χ3v) is 4.70. The molecule has 0 aliphatic rings. The van der Waals surface area contributed by atoms with Gasteiger partial charge >= 0.3 is 0 Å². The molecule has 0 unspecified atom stereocenters. The van der Waals surface area contributed by atoms with E-state index in [4.69, 9.17) is 9.44 Å². The quantitative estimate of drug-likeness (QED) is 0.463. The molecule has 27 heavy (non-hydrogen) atoms. The van der Waals surface area contributed by atoms with Crippen LogP contribution in [0, 0.1) is 11.3 Å². The average molecular weight is 381 g/mol. The zero-order valence-electron chi connectivity index (χ0n) is 14.9. The fourth-order valence-electron chi connectivity index (χ4n) is 2.84. The molecule has 0 spiro atoms. The van der Waals surface area contributed by atoms with E-state index in [-0.39, 0.29) is 6.61 Å². The van der Waals surface area contributed by atoms with E-state index in [9.17, 15) is 8.42 Å². The smallest absolute Gasteiger partial charge is 0.264 e. The van der Waals surface area contributed by atoms with Gasteiger partial charge in [0.2, 0.25) is 0 Å². The number of rotatable bonds is 7. The summed E-state index contributed by atoms with van der Waals surface area (Å²) in [6, 6.07) is 15.6. The predicted molar refractivity (Wildman–Crippen MR) is 103 cm³/mol. The first-order chi connectivity index (χ1) is 13.0. The lowest BCUT2D eigenvalue weighted by Crippen LogP contribution is -2.05. The number of hydrogen-bond donors (Lipinski definition) is 0. The molecule has 0 fully saturated rings. The Balaban J connectivity index is 1.89. The molecule has 0 aliphatic heterocycles. The maximum atomic E-state index is 11.1. The van der Waals surface area contributed by atoms with Gasteiger partial charge in [-0.3, -0.25) is 4.18 Å². The van der Waals surface area contributed by atoms with Crippen molar-refractivity contribution < 1.29 is 12.6 Å². The molecule has 138 valence electrons. The second-order valence-corrected chi connectivity index (χ2v) is 7.77. The van der Waals surface area contributed by atoms with Gasteiger partial charge in [-0.05, 0) is 53.8 Å². The van der Waals surface area contributed by atoms with E-state index < -0.39 is 10.1 Å². The van der Waals surface area contributed by atoms with E-state index in [0.29, 0.717) is 18.4 Å². The molecule has 3 rings (SSSR count). The van der Waals surface area contributed by atoms with Crippen LogP contribution >= 0.6 is 0 Å². The number of aromatic nitrogens is 2. The van der Waals surface area contributed by atoms with Crippen LogP contribution in [0.3, 0.4) is 0 Å². The number of aryl methyl sites for hydroxylation is 1. The molecule has 1 aromatic heterocycles. The van der Waals surface area contributed by atoms with Gasteiger partial charge in [-0.15, -0.1) is 0 Å². The molecule has 0 atom stereocenters. The minimum Gasteiger partial charge on any atom is -0.306 e. The van der Waals surface area contributed by atoms with E-state index in [2.05, 4.69) is 17.1 Å². The highest BCUT2D eigenvalue weighted by atomic mass is 32.2. The maximum Gasteiger partial charge on any atom is 0.264 e. The van der Waals surface area contributed by atoms with Crippen LogP contribution in [0.2, 0.25) is 0 Å². The van der Waals surface area contributed by atoms with Crippen molar-refractivity contribution in [1.82, 2.24) is 9.55 Å². The predicted octanol–water partition coefficient (Wildman–Crippen LogP) is 3.32. The summed E-state index contributed by atoms with van der Waals surface area (Å²) in [4.78, 5) is 4.08. The van der Waals surface area contributed by atoms with Crippen LogP contribution in [0.5, 0.6) is 0 Å². The van der Waals surface area contributed by atoms with Gasteiger partial charge in [0.1, 0.15) is 0 Å². The summed E-state index contributed by atoms with van der Waals surface area (Å²) >= 11 is 0. The number of benzene rings is 2. The topological polar surface area (TPSA) is 85.0 Å². The van der Waals surface area contributed by atoms with Crippen molar-refractivity contribution in [1.29, 1.82) is 5.26 Å². The lowest BCUT2D eigenvalue weighted by Gasteiger charge is -2.13. The highest BCUT2D eigenvalue weighted by Gasteiger charge is 2.09. The van der Waals surface area contributed by atoms with Crippen molar-refractivity contribution in [2.75, 3.05) is 12.9 Å². The van der Waals surface area contributed by atoms with Gasteiger partial charge in [-0.2, -0.15) is 13.7 Å². The first-order valence-corrected chi connectivity index (χ1v) is 10.2. The van der Waals surface area contributed by atoms with Crippen LogP contribution in [0.25, 0.3) is 16.8 Å². The zero-order valence-corrected chi connectivity index (χ0v) is 15.7.